The Morgan fingerprint density at radius 3 is 2.40 bits per heavy atom. The Morgan fingerprint density at radius 1 is 1.20 bits per heavy atom. The largest absolute Gasteiger partial charge is 0.366 e. The summed E-state index contributed by atoms with van der Waals surface area (Å²) in [7, 11) is 0. The third kappa shape index (κ3) is 3.63. The highest BCUT2D eigenvalue weighted by Crippen LogP contribution is 2.38. The van der Waals surface area contributed by atoms with Crippen LogP contribution in [-0.4, -0.2) is 16.0 Å². The third-order valence-corrected chi connectivity index (χ3v) is 4.89. The zero-order valence-corrected chi connectivity index (χ0v) is 13.8. The summed E-state index contributed by atoms with van der Waals surface area (Å²) in [6.45, 7) is 9.10. The predicted octanol–water partition coefficient (Wildman–Crippen LogP) is 4.71. The Hall–Kier alpha value is -0.830. The lowest BCUT2D eigenvalue weighted by Crippen LogP contribution is -2.31. The van der Waals surface area contributed by atoms with Crippen molar-refractivity contribution in [1.82, 2.24) is 9.97 Å². The van der Waals surface area contributed by atoms with Crippen molar-refractivity contribution in [1.29, 1.82) is 0 Å². The Balaban J connectivity index is 1.96. The summed E-state index contributed by atoms with van der Waals surface area (Å²) in [5.41, 5.74) is 1.35. The average molecular weight is 296 g/mol. The zero-order chi connectivity index (χ0) is 14.8. The molecule has 1 heterocycles. The van der Waals surface area contributed by atoms with Gasteiger partial charge in [0.05, 0.1) is 5.69 Å². The Labute approximate surface area is 127 Å². The molecule has 1 aliphatic carbocycles. The van der Waals surface area contributed by atoms with Gasteiger partial charge >= 0.3 is 0 Å². The van der Waals surface area contributed by atoms with Crippen LogP contribution in [-0.2, 0) is 6.42 Å². The maximum Gasteiger partial charge on any atom is 0.148 e. The smallest absolute Gasteiger partial charge is 0.148 e. The van der Waals surface area contributed by atoms with Gasteiger partial charge in [0.25, 0.3) is 0 Å². The molecule has 20 heavy (non-hydrogen) atoms. The van der Waals surface area contributed by atoms with Crippen molar-refractivity contribution in [3.8, 4) is 0 Å². The molecule has 2 rings (SSSR count). The highest BCUT2D eigenvalue weighted by atomic mass is 35.5. The van der Waals surface area contributed by atoms with Crippen LogP contribution in [0, 0.1) is 11.3 Å². The highest BCUT2D eigenvalue weighted by molar-refractivity contribution is 6.33. The van der Waals surface area contributed by atoms with E-state index in [1.54, 1.807) is 6.33 Å². The first-order chi connectivity index (χ1) is 9.41. The van der Waals surface area contributed by atoms with Crippen LogP contribution >= 0.6 is 11.6 Å². The van der Waals surface area contributed by atoms with Crippen LogP contribution < -0.4 is 5.32 Å². The van der Waals surface area contributed by atoms with Crippen LogP contribution in [0.4, 0.5) is 5.82 Å². The van der Waals surface area contributed by atoms with Crippen molar-refractivity contribution < 1.29 is 0 Å². The first-order valence-electron chi connectivity index (χ1n) is 7.67. The second kappa shape index (κ2) is 6.30. The normalized spacial score (nSPS) is 23.6. The number of aryl methyl sites for hydroxylation is 1. The Bertz CT molecular complexity index is 446. The monoisotopic (exact) mass is 295 g/mol. The molecule has 0 saturated heterocycles. The minimum atomic E-state index is 0.424. The van der Waals surface area contributed by atoms with E-state index in [-0.39, 0.29) is 0 Å². The SMILES string of the molecule is CCc1ncnc(N[C@H]2CC[C@@H](C(C)(C)C)CC2)c1Cl. The number of anilines is 1. The first kappa shape index (κ1) is 15.6. The van der Waals surface area contributed by atoms with Gasteiger partial charge in [0.15, 0.2) is 0 Å². The van der Waals surface area contributed by atoms with Crippen LogP contribution in [0.1, 0.15) is 59.1 Å². The van der Waals surface area contributed by atoms with E-state index in [9.17, 15) is 0 Å². The van der Waals surface area contributed by atoms with Crippen LogP contribution in [0.25, 0.3) is 0 Å². The Morgan fingerprint density at radius 2 is 1.85 bits per heavy atom. The van der Waals surface area contributed by atoms with E-state index in [0.717, 1.165) is 23.9 Å². The van der Waals surface area contributed by atoms with E-state index in [1.165, 1.54) is 25.7 Å². The summed E-state index contributed by atoms with van der Waals surface area (Å²) in [6.07, 6.45) is 7.41. The molecule has 1 N–H and O–H groups in total. The zero-order valence-electron chi connectivity index (χ0n) is 13.0. The van der Waals surface area contributed by atoms with Gasteiger partial charge in [0.1, 0.15) is 17.2 Å². The summed E-state index contributed by atoms with van der Waals surface area (Å²) in [6, 6.07) is 0.491. The molecule has 1 fully saturated rings. The van der Waals surface area contributed by atoms with Crippen molar-refractivity contribution >= 4 is 17.4 Å². The van der Waals surface area contributed by atoms with Crippen LogP contribution in [0.3, 0.4) is 0 Å². The molecule has 0 amide bonds. The Kier molecular flexibility index (Phi) is 4.90. The summed E-state index contributed by atoms with van der Waals surface area (Å²) >= 11 is 6.34. The molecular weight excluding hydrogens is 270 g/mol. The fourth-order valence-corrected chi connectivity index (χ4v) is 3.34. The lowest BCUT2D eigenvalue weighted by Gasteiger charge is -2.37. The van der Waals surface area contributed by atoms with Gasteiger partial charge in [-0.3, -0.25) is 0 Å². The van der Waals surface area contributed by atoms with E-state index in [0.29, 0.717) is 16.5 Å². The van der Waals surface area contributed by atoms with Gasteiger partial charge in [0, 0.05) is 6.04 Å². The maximum atomic E-state index is 6.34. The molecule has 0 aromatic carbocycles. The minimum absolute atomic E-state index is 0.424. The number of aromatic nitrogens is 2. The number of rotatable bonds is 3. The first-order valence-corrected chi connectivity index (χ1v) is 8.05. The van der Waals surface area contributed by atoms with Crippen molar-refractivity contribution in [2.24, 2.45) is 11.3 Å². The van der Waals surface area contributed by atoms with E-state index >= 15 is 0 Å². The maximum absolute atomic E-state index is 6.34. The summed E-state index contributed by atoms with van der Waals surface area (Å²) in [5.74, 6) is 1.63. The summed E-state index contributed by atoms with van der Waals surface area (Å²) in [4.78, 5) is 8.51. The number of nitrogens with zero attached hydrogens (tertiary/aromatic N) is 2. The van der Waals surface area contributed by atoms with E-state index in [4.69, 9.17) is 11.6 Å². The van der Waals surface area contributed by atoms with E-state index in [2.05, 4.69) is 43.0 Å². The molecule has 1 saturated carbocycles. The summed E-state index contributed by atoms with van der Waals surface area (Å²) < 4.78 is 0. The van der Waals surface area contributed by atoms with Gasteiger partial charge in [0.2, 0.25) is 0 Å². The number of nitrogens with one attached hydrogen (secondary N) is 1. The topological polar surface area (TPSA) is 37.8 Å². The van der Waals surface area contributed by atoms with Crippen molar-refractivity contribution in [2.75, 3.05) is 5.32 Å². The number of hydrogen-bond acceptors (Lipinski definition) is 3. The fraction of sp³-hybridized carbons (Fsp3) is 0.750. The van der Waals surface area contributed by atoms with Gasteiger partial charge in [-0.1, -0.05) is 39.3 Å². The molecule has 0 bridgehead atoms. The minimum Gasteiger partial charge on any atom is -0.366 e. The van der Waals surface area contributed by atoms with Crippen molar-refractivity contribution in [2.45, 2.75) is 65.8 Å². The number of halogens is 1. The molecular formula is C16H26ClN3. The lowest BCUT2D eigenvalue weighted by molar-refractivity contribution is 0.173. The highest BCUT2D eigenvalue weighted by Gasteiger charge is 2.29. The fourth-order valence-electron chi connectivity index (χ4n) is 3.05. The second-order valence-electron chi connectivity index (χ2n) is 6.90. The molecule has 0 spiro atoms. The van der Waals surface area contributed by atoms with E-state index in [1.807, 2.05) is 0 Å². The second-order valence-corrected chi connectivity index (χ2v) is 7.27. The quantitative estimate of drug-likeness (QED) is 0.877. The van der Waals surface area contributed by atoms with Crippen molar-refractivity contribution in [3.05, 3.63) is 17.0 Å². The molecule has 1 aliphatic rings. The molecule has 0 atom stereocenters. The molecule has 112 valence electrons. The van der Waals surface area contributed by atoms with Gasteiger partial charge < -0.3 is 5.32 Å². The molecule has 4 heteroatoms. The molecule has 3 nitrogen and oxygen atoms in total. The lowest BCUT2D eigenvalue weighted by atomic mass is 9.71. The van der Waals surface area contributed by atoms with Gasteiger partial charge in [-0.2, -0.15) is 0 Å². The van der Waals surface area contributed by atoms with Crippen molar-refractivity contribution in [3.63, 3.8) is 0 Å². The third-order valence-electron chi connectivity index (χ3n) is 4.49. The molecule has 0 unspecified atom stereocenters. The summed E-state index contributed by atoms with van der Waals surface area (Å²) in [5, 5.41) is 4.20. The molecule has 1 aromatic rings. The standard InChI is InChI=1S/C16H26ClN3/c1-5-13-14(17)15(19-10-18-13)20-12-8-6-11(7-9-12)16(2,3)4/h10-12H,5-9H2,1-4H3,(H,18,19,20)/t11-,12+. The molecule has 0 radical (unpaired) electrons. The van der Waals surface area contributed by atoms with Gasteiger partial charge in [-0.25, -0.2) is 9.97 Å². The van der Waals surface area contributed by atoms with Crippen LogP contribution in [0.15, 0.2) is 6.33 Å². The number of hydrogen-bond donors (Lipinski definition) is 1. The van der Waals surface area contributed by atoms with E-state index < -0.39 is 0 Å². The van der Waals surface area contributed by atoms with Gasteiger partial charge in [-0.05, 0) is 43.4 Å². The van der Waals surface area contributed by atoms with Gasteiger partial charge in [-0.15, -0.1) is 0 Å². The molecule has 0 aliphatic heterocycles. The predicted molar refractivity (Wildman–Crippen MR) is 85.2 cm³/mol. The van der Waals surface area contributed by atoms with Crippen LogP contribution in [0.2, 0.25) is 5.02 Å². The molecule has 1 aromatic heterocycles. The van der Waals surface area contributed by atoms with Crippen LogP contribution in [0.5, 0.6) is 0 Å². The average Bonchev–Trinajstić information content (AvgIpc) is 2.41.